The van der Waals surface area contributed by atoms with Crippen LogP contribution in [-0.4, -0.2) is 97.8 Å². The van der Waals surface area contributed by atoms with Crippen molar-refractivity contribution in [3.8, 4) is 5.75 Å². The quantitative estimate of drug-likeness (QED) is 0.0792. The van der Waals surface area contributed by atoms with E-state index in [2.05, 4.69) is 5.32 Å². The molecule has 4 N–H and O–H groups in total. The molecule has 3 unspecified atom stereocenters. The van der Waals surface area contributed by atoms with Gasteiger partial charge in [-0.3, -0.25) is 18.7 Å². The van der Waals surface area contributed by atoms with Crippen molar-refractivity contribution >= 4 is 34.2 Å². The number of carbonyl (C=O) groups is 2. The number of ether oxygens (including phenoxy) is 3. The van der Waals surface area contributed by atoms with Gasteiger partial charge in [0.05, 0.1) is 13.7 Å². The molecule has 3 rings (SSSR count). The lowest BCUT2D eigenvalue weighted by Gasteiger charge is -2.31. The van der Waals surface area contributed by atoms with Gasteiger partial charge in [-0.1, -0.05) is 50.7 Å². The van der Waals surface area contributed by atoms with Crippen LogP contribution in [-0.2, 0) is 56.3 Å². The minimum Gasteiger partial charge on any atom is -0.497 e. The van der Waals surface area contributed by atoms with Crippen LogP contribution in [0.3, 0.4) is 0 Å². The molecule has 1 fully saturated rings. The number of unbranched alkanes of at least 4 members (excludes halogenated alkanes) is 7. The maximum absolute atomic E-state index is 14.4. The van der Waals surface area contributed by atoms with E-state index < -0.39 is 87.8 Å². The Balaban J connectivity index is 2.07. The number of benzene rings is 1. The fourth-order valence-electron chi connectivity index (χ4n) is 6.36. The molecule has 0 saturated carbocycles. The first-order chi connectivity index (χ1) is 28.0. The normalized spacial score (nSPS) is 20.6. The Hall–Kier alpha value is -2.86. The van der Waals surface area contributed by atoms with Gasteiger partial charge in [-0.2, -0.15) is 8.37 Å². The molecular formula is C44H74N4O10S2+2. The van der Waals surface area contributed by atoms with Crippen molar-refractivity contribution in [3.05, 3.63) is 62.9 Å². The Labute approximate surface area is 363 Å². The summed E-state index contributed by atoms with van der Waals surface area (Å²) in [5.41, 5.74) is 4.16. The number of nitrogens with zero attached hydrogens (tertiary/aromatic N) is 2. The van der Waals surface area contributed by atoms with E-state index in [9.17, 15) is 24.3 Å². The molecule has 8 atom stereocenters. The molecule has 1 saturated heterocycles. The molecule has 1 amide bonds. The van der Waals surface area contributed by atoms with Gasteiger partial charge in [-0.05, 0) is 99.4 Å². The van der Waals surface area contributed by atoms with Crippen LogP contribution in [0.25, 0.3) is 0 Å². The second kappa shape index (κ2) is 23.0. The maximum Gasteiger partial charge on any atom is 0.333 e. The van der Waals surface area contributed by atoms with Crippen molar-refractivity contribution in [1.29, 1.82) is 0 Å². The molecule has 0 radical (unpaired) electrons. The number of methoxy groups -OCH3 is 1. The molecule has 1 aliphatic rings. The third kappa shape index (κ3) is 15.5. The molecule has 0 bridgehead atoms. The first-order valence-corrected chi connectivity index (χ1v) is 24.3. The number of hydrogen-bond donors (Lipinski definition) is 3. The number of carbonyl (C=O) groups excluding carboxylic acids is 2. The van der Waals surface area contributed by atoms with Crippen molar-refractivity contribution in [3.63, 3.8) is 0 Å². The van der Waals surface area contributed by atoms with Crippen LogP contribution in [0, 0.1) is 0 Å². The number of aliphatic hydroxyl groups excluding tert-OH is 1. The van der Waals surface area contributed by atoms with Crippen molar-refractivity contribution in [1.82, 2.24) is 14.5 Å². The topological polar surface area (TPSA) is 183 Å². The predicted octanol–water partition coefficient (Wildman–Crippen LogP) is 5.31. The Kier molecular flexibility index (Phi) is 19.7. The highest BCUT2D eigenvalue weighted by molar-refractivity contribution is 7.93. The van der Waals surface area contributed by atoms with Gasteiger partial charge in [0.25, 0.3) is 5.56 Å². The third-order valence-corrected chi connectivity index (χ3v) is 14.8. The largest absolute Gasteiger partial charge is 0.497 e. The molecule has 1 aromatic heterocycles. The number of hydrogen-bond acceptors (Lipinski definition) is 11. The number of nitrogens with one attached hydrogen (secondary N) is 1. The summed E-state index contributed by atoms with van der Waals surface area (Å²) in [6.07, 6.45) is 7.01. The standard InChI is InChI=1S/C44H73N4O10S2/c1-42(2,3)56-40(52)34(46-32(49)21-19-17-15-13-14-16-18-20-27-45)35(51)36-37(57-59(11)43(4,5)6)38(58-60(12)44(7,8)9)39(55-36)47-28-26-33(50)48(41(47)53)29-30-22-24-31(54-10)25-23-30/h22-26,28,34-39,51H,13-21,27,29,45H2,1-12H3/q+1/p+1/t34-,35+,36?,37+,38+,39+,59?,60?/m0/s1. The molecule has 14 nitrogen and oxygen atoms in total. The first kappa shape index (κ1) is 51.5. The van der Waals surface area contributed by atoms with E-state index in [1.165, 1.54) is 16.8 Å². The Morgan fingerprint density at radius 2 is 1.37 bits per heavy atom. The van der Waals surface area contributed by atoms with E-state index >= 15 is 0 Å². The smallest absolute Gasteiger partial charge is 0.333 e. The first-order valence-electron chi connectivity index (χ1n) is 21.2. The minimum atomic E-state index is -1.70. The lowest BCUT2D eigenvalue weighted by Crippen LogP contribution is -2.58. The highest BCUT2D eigenvalue weighted by Gasteiger charge is 2.60. The fraction of sp³-hybridized carbons (Fsp3) is 0.727. The molecular weight excluding hydrogens is 809 g/mol. The number of rotatable bonds is 22. The highest BCUT2D eigenvalue weighted by atomic mass is 32.2. The molecule has 0 spiro atoms. The number of aliphatic hydroxyl groups is 1. The maximum atomic E-state index is 14.4. The SMILES string of the molecule is COc1ccc(Cn2c(=O)ccn([C@@H]3OC([C@H](O)[C@H](NC(=O)CCCCCCCCCCN)C(=O)OC(C)(C)C)[C@@H](O[S+](C)C(C)(C)C)[C@H]3O[S+](C)C(C)(C)C)c2=O)cc1. The number of esters is 1. The van der Waals surface area contributed by atoms with E-state index in [0.29, 0.717) is 24.3 Å². The van der Waals surface area contributed by atoms with Crippen LogP contribution < -0.4 is 27.0 Å². The number of amides is 1. The molecule has 2 heterocycles. The average molecular weight is 883 g/mol. The molecule has 60 heavy (non-hydrogen) atoms. The zero-order chi connectivity index (χ0) is 45.0. The molecule has 340 valence electrons. The third-order valence-electron chi connectivity index (χ3n) is 10.3. The van der Waals surface area contributed by atoms with Gasteiger partial charge in [0, 0.05) is 18.7 Å². The van der Waals surface area contributed by atoms with Gasteiger partial charge in [-0.25, -0.2) is 9.59 Å². The van der Waals surface area contributed by atoms with Gasteiger partial charge in [0.2, 0.25) is 5.91 Å². The minimum absolute atomic E-state index is 0.0309. The second-order valence-electron chi connectivity index (χ2n) is 18.5. The summed E-state index contributed by atoms with van der Waals surface area (Å²) in [5.74, 6) is -0.625. The van der Waals surface area contributed by atoms with Gasteiger partial charge in [-0.15, -0.1) is 0 Å². The Morgan fingerprint density at radius 3 is 1.88 bits per heavy atom. The number of nitrogens with two attached hydrogens (primary N) is 1. The summed E-state index contributed by atoms with van der Waals surface area (Å²) in [7, 11) is 1.56. The molecule has 16 heteroatoms. The van der Waals surface area contributed by atoms with Gasteiger partial charge >= 0.3 is 11.7 Å². The van der Waals surface area contributed by atoms with E-state index in [1.807, 2.05) is 54.1 Å². The van der Waals surface area contributed by atoms with E-state index in [-0.39, 0.29) is 22.5 Å². The molecule has 0 aliphatic carbocycles. The van der Waals surface area contributed by atoms with Crippen molar-refractivity contribution in [2.75, 3.05) is 26.2 Å². The lowest BCUT2D eigenvalue weighted by molar-refractivity contribution is -0.167. The van der Waals surface area contributed by atoms with Crippen LogP contribution >= 0.6 is 0 Å². The molecule has 1 aromatic carbocycles. The van der Waals surface area contributed by atoms with Crippen LogP contribution in [0.4, 0.5) is 0 Å². The molecule has 1 aliphatic heterocycles. The second-order valence-corrected chi connectivity index (χ2v) is 23.1. The van der Waals surface area contributed by atoms with Crippen LogP contribution in [0.2, 0.25) is 0 Å². The van der Waals surface area contributed by atoms with E-state index in [1.54, 1.807) is 52.1 Å². The summed E-state index contributed by atoms with van der Waals surface area (Å²) in [4.78, 5) is 55.2. The predicted molar refractivity (Wildman–Crippen MR) is 241 cm³/mol. The number of aromatic nitrogens is 2. The van der Waals surface area contributed by atoms with Crippen molar-refractivity contribution in [2.24, 2.45) is 5.73 Å². The summed E-state index contributed by atoms with van der Waals surface area (Å²) < 4.78 is 33.1. The summed E-state index contributed by atoms with van der Waals surface area (Å²) in [6, 6.07) is 6.78. The van der Waals surface area contributed by atoms with Crippen molar-refractivity contribution < 1.29 is 37.3 Å². The Bertz CT molecular complexity index is 1770. The van der Waals surface area contributed by atoms with Gasteiger partial charge in [0.15, 0.2) is 34.0 Å². The lowest BCUT2D eigenvalue weighted by atomic mass is 9.98. The van der Waals surface area contributed by atoms with Crippen molar-refractivity contribution in [2.45, 2.75) is 178 Å². The fourth-order valence-corrected chi connectivity index (χ4v) is 8.02. The zero-order valence-corrected chi connectivity index (χ0v) is 39.7. The summed E-state index contributed by atoms with van der Waals surface area (Å²) >= 11 is -1.54. The monoisotopic (exact) mass is 882 g/mol. The van der Waals surface area contributed by atoms with E-state index in [0.717, 1.165) is 49.5 Å². The van der Waals surface area contributed by atoms with Crippen LogP contribution in [0.5, 0.6) is 5.75 Å². The average Bonchev–Trinajstić information content (AvgIpc) is 3.49. The summed E-state index contributed by atoms with van der Waals surface area (Å²) in [6.45, 7) is 18.0. The van der Waals surface area contributed by atoms with Crippen LogP contribution in [0.1, 0.15) is 132 Å². The molecule has 2 aromatic rings. The van der Waals surface area contributed by atoms with Gasteiger partial charge < -0.3 is 30.4 Å². The zero-order valence-electron chi connectivity index (χ0n) is 38.1. The highest BCUT2D eigenvalue weighted by Crippen LogP contribution is 2.40. The van der Waals surface area contributed by atoms with Crippen LogP contribution in [0.15, 0.2) is 46.1 Å². The Morgan fingerprint density at radius 1 is 0.833 bits per heavy atom. The van der Waals surface area contributed by atoms with E-state index in [4.69, 9.17) is 28.3 Å². The van der Waals surface area contributed by atoms with Gasteiger partial charge in [0.1, 0.15) is 58.4 Å². The summed E-state index contributed by atoms with van der Waals surface area (Å²) in [5, 5.41) is 15.2.